The van der Waals surface area contributed by atoms with Crippen molar-refractivity contribution >= 4 is 0 Å². The van der Waals surface area contributed by atoms with Crippen LogP contribution in [0.3, 0.4) is 0 Å². The maximum Gasteiger partial charge on any atom is 0.250 e. The van der Waals surface area contributed by atoms with Crippen molar-refractivity contribution in [2.75, 3.05) is 6.61 Å². The highest BCUT2D eigenvalue weighted by Crippen LogP contribution is 2.44. The zero-order valence-corrected chi connectivity index (χ0v) is 6.12. The number of ether oxygens (including phenoxy) is 2. The number of hydrogen-bond donors (Lipinski definition) is 4. The quantitative estimate of drug-likeness (QED) is 0.322. The van der Waals surface area contributed by atoms with Gasteiger partial charge in [-0.05, 0) is 0 Å². The Bertz CT molecular complexity index is 196. The van der Waals surface area contributed by atoms with Crippen LogP contribution < -0.4 is 0 Å². The zero-order chi connectivity index (χ0) is 8.93. The van der Waals surface area contributed by atoms with Gasteiger partial charge in [0.15, 0.2) is 0 Å². The first-order chi connectivity index (χ1) is 5.59. The average molecular weight is 178 g/mol. The Balaban J connectivity index is 2.11. The summed E-state index contributed by atoms with van der Waals surface area (Å²) < 4.78 is 9.46. The minimum Gasteiger partial charge on any atom is -0.394 e. The lowest BCUT2D eigenvalue weighted by Gasteiger charge is -2.30. The SMILES string of the molecule is OC[C@H]1O[C@H]2O[C@@]2(O)[C@@H](O)[C@@H]1O. The maximum absolute atomic E-state index is 9.26. The van der Waals surface area contributed by atoms with Crippen molar-refractivity contribution in [2.24, 2.45) is 0 Å². The molecule has 2 aliphatic rings. The van der Waals surface area contributed by atoms with Gasteiger partial charge in [-0.15, -0.1) is 0 Å². The van der Waals surface area contributed by atoms with E-state index in [9.17, 15) is 15.3 Å². The first-order valence-electron chi connectivity index (χ1n) is 3.62. The van der Waals surface area contributed by atoms with Crippen molar-refractivity contribution in [1.29, 1.82) is 0 Å². The molecule has 0 saturated carbocycles. The summed E-state index contributed by atoms with van der Waals surface area (Å²) in [6.07, 6.45) is -4.56. The van der Waals surface area contributed by atoms with Gasteiger partial charge in [-0.1, -0.05) is 0 Å². The fraction of sp³-hybridized carbons (Fsp3) is 1.00. The second kappa shape index (κ2) is 2.38. The van der Waals surface area contributed by atoms with E-state index in [1.807, 2.05) is 0 Å². The molecule has 0 bridgehead atoms. The second-order valence-electron chi connectivity index (χ2n) is 2.99. The summed E-state index contributed by atoms with van der Waals surface area (Å²) in [6, 6.07) is 0. The van der Waals surface area contributed by atoms with E-state index in [0.717, 1.165) is 0 Å². The van der Waals surface area contributed by atoms with E-state index in [4.69, 9.17) is 9.84 Å². The van der Waals surface area contributed by atoms with Crippen molar-refractivity contribution in [1.82, 2.24) is 0 Å². The van der Waals surface area contributed by atoms with Crippen molar-refractivity contribution < 1.29 is 29.9 Å². The molecule has 2 rings (SSSR count). The summed E-state index contributed by atoms with van der Waals surface area (Å²) in [5.74, 6) is -1.77. The number of epoxide rings is 1. The maximum atomic E-state index is 9.26. The third-order valence-corrected chi connectivity index (χ3v) is 2.18. The Morgan fingerprint density at radius 1 is 1.33 bits per heavy atom. The van der Waals surface area contributed by atoms with Crippen LogP contribution in [0.1, 0.15) is 0 Å². The summed E-state index contributed by atoms with van der Waals surface area (Å²) in [7, 11) is 0. The van der Waals surface area contributed by atoms with E-state index in [0.29, 0.717) is 0 Å². The minimum atomic E-state index is -1.77. The fourth-order valence-corrected chi connectivity index (χ4v) is 1.31. The van der Waals surface area contributed by atoms with Crippen molar-refractivity contribution in [2.45, 2.75) is 30.4 Å². The van der Waals surface area contributed by atoms with Crippen molar-refractivity contribution in [3.63, 3.8) is 0 Å². The van der Waals surface area contributed by atoms with Gasteiger partial charge in [-0.25, -0.2) is 0 Å². The van der Waals surface area contributed by atoms with Crippen LogP contribution in [0.15, 0.2) is 0 Å². The summed E-state index contributed by atoms with van der Waals surface area (Å²) in [6.45, 7) is -0.422. The Morgan fingerprint density at radius 2 is 2.00 bits per heavy atom. The van der Waals surface area contributed by atoms with Gasteiger partial charge in [-0.2, -0.15) is 0 Å². The second-order valence-corrected chi connectivity index (χ2v) is 2.99. The molecule has 0 aromatic rings. The van der Waals surface area contributed by atoms with Gasteiger partial charge < -0.3 is 29.9 Å². The van der Waals surface area contributed by atoms with Crippen LogP contribution in [-0.2, 0) is 9.47 Å². The van der Waals surface area contributed by atoms with Crippen LogP contribution in [0.2, 0.25) is 0 Å². The molecule has 0 amide bonds. The lowest BCUT2D eigenvalue weighted by molar-refractivity contribution is -0.199. The number of aliphatic hydroxyl groups excluding tert-OH is 3. The summed E-state index contributed by atoms with van der Waals surface area (Å²) in [5, 5.41) is 36.4. The van der Waals surface area contributed by atoms with Crippen LogP contribution in [0, 0.1) is 0 Å². The highest BCUT2D eigenvalue weighted by atomic mass is 16.9. The van der Waals surface area contributed by atoms with Gasteiger partial charge in [0, 0.05) is 0 Å². The molecule has 2 aliphatic heterocycles. The highest BCUT2D eigenvalue weighted by Gasteiger charge is 2.69. The van der Waals surface area contributed by atoms with Gasteiger partial charge in [0.05, 0.1) is 6.61 Å². The third-order valence-electron chi connectivity index (χ3n) is 2.18. The van der Waals surface area contributed by atoms with Crippen molar-refractivity contribution in [3.8, 4) is 0 Å². The van der Waals surface area contributed by atoms with Crippen LogP contribution >= 0.6 is 0 Å². The molecular formula is C6H10O6. The Kier molecular flexibility index (Phi) is 1.66. The summed E-state index contributed by atoms with van der Waals surface area (Å²) in [5.41, 5.74) is 0. The Labute approximate surface area is 68.0 Å². The molecule has 12 heavy (non-hydrogen) atoms. The van der Waals surface area contributed by atoms with E-state index >= 15 is 0 Å². The van der Waals surface area contributed by atoms with Crippen LogP contribution in [0.5, 0.6) is 0 Å². The molecule has 0 unspecified atom stereocenters. The van der Waals surface area contributed by atoms with E-state index in [1.54, 1.807) is 0 Å². The normalized spacial score (nSPS) is 58.0. The molecule has 0 radical (unpaired) electrons. The number of aliphatic hydroxyl groups is 4. The third kappa shape index (κ3) is 0.905. The lowest BCUT2D eigenvalue weighted by atomic mass is 10.0. The molecule has 2 fully saturated rings. The molecule has 70 valence electrons. The molecule has 0 aliphatic carbocycles. The topological polar surface area (TPSA) is 103 Å². The molecule has 0 aromatic carbocycles. The molecule has 6 heteroatoms. The van der Waals surface area contributed by atoms with Gasteiger partial charge in [0.1, 0.15) is 18.3 Å². The van der Waals surface area contributed by atoms with Crippen LogP contribution in [-0.4, -0.2) is 57.4 Å². The molecule has 0 aromatic heterocycles. The first-order valence-corrected chi connectivity index (χ1v) is 3.62. The van der Waals surface area contributed by atoms with E-state index in [1.165, 1.54) is 0 Å². The molecule has 0 spiro atoms. The van der Waals surface area contributed by atoms with Gasteiger partial charge >= 0.3 is 0 Å². The molecule has 2 saturated heterocycles. The average Bonchev–Trinajstić information content (AvgIpc) is 2.71. The monoisotopic (exact) mass is 178 g/mol. The Hall–Kier alpha value is -0.240. The van der Waals surface area contributed by atoms with Crippen molar-refractivity contribution in [3.05, 3.63) is 0 Å². The first kappa shape index (κ1) is 8.36. The standard InChI is InChI=1S/C6H10O6/c7-1-2-3(8)4(9)6(10)5(11-2)12-6/h2-5,7-10H,1H2/t2-,3-,4+,5+,6+/m1/s1. The van der Waals surface area contributed by atoms with E-state index in [-0.39, 0.29) is 0 Å². The van der Waals surface area contributed by atoms with Gasteiger partial charge in [-0.3, -0.25) is 0 Å². The van der Waals surface area contributed by atoms with Gasteiger partial charge in [0.2, 0.25) is 12.1 Å². The molecule has 4 N–H and O–H groups in total. The summed E-state index contributed by atoms with van der Waals surface area (Å²) in [4.78, 5) is 0. The minimum absolute atomic E-state index is 0.422. The Morgan fingerprint density at radius 3 is 2.58 bits per heavy atom. The number of fused-ring (bicyclic) bond motifs is 1. The number of hydrogen-bond acceptors (Lipinski definition) is 6. The van der Waals surface area contributed by atoms with Gasteiger partial charge in [0.25, 0.3) is 0 Å². The van der Waals surface area contributed by atoms with Crippen LogP contribution in [0.25, 0.3) is 0 Å². The molecule has 5 atom stereocenters. The predicted octanol–water partition coefficient (Wildman–Crippen LogP) is -2.86. The number of rotatable bonds is 1. The largest absolute Gasteiger partial charge is 0.394 e. The van der Waals surface area contributed by atoms with Crippen LogP contribution in [0.4, 0.5) is 0 Å². The highest BCUT2D eigenvalue weighted by molar-refractivity contribution is 5.03. The van der Waals surface area contributed by atoms with E-state index < -0.39 is 37.0 Å². The molecular weight excluding hydrogens is 168 g/mol. The predicted molar refractivity (Wildman–Crippen MR) is 33.8 cm³/mol. The lowest BCUT2D eigenvalue weighted by Crippen LogP contribution is -2.54. The fourth-order valence-electron chi connectivity index (χ4n) is 1.31. The molecule has 6 nitrogen and oxygen atoms in total. The summed E-state index contributed by atoms with van der Waals surface area (Å²) >= 11 is 0. The smallest absolute Gasteiger partial charge is 0.250 e. The molecule has 2 heterocycles. The van der Waals surface area contributed by atoms with E-state index in [2.05, 4.69) is 4.74 Å². The zero-order valence-electron chi connectivity index (χ0n) is 6.12.